The van der Waals surface area contributed by atoms with Crippen LogP contribution in [0.25, 0.3) is 76.5 Å². The molecular formula is C58H46O8S2. The number of ether oxygens (including phenoxy) is 2. The van der Waals surface area contributed by atoms with E-state index in [1.54, 1.807) is 24.3 Å². The molecule has 0 amide bonds. The predicted molar refractivity (Wildman–Crippen MR) is 272 cm³/mol. The second-order valence-electron chi connectivity index (χ2n) is 16.7. The monoisotopic (exact) mass is 934 g/mol. The van der Waals surface area contributed by atoms with Gasteiger partial charge in [-0.05, 0) is 117 Å². The summed E-state index contributed by atoms with van der Waals surface area (Å²) in [5.74, 6) is 0.971. The standard InChI is InChI=1S/C58H46O8S2/c1-39-19-27-49(28-20-39)67(59,60)65-33-31-63-57-53(47-25-23-41-11-3-5-13-43(41)35-47)37-45-15-7-9-17-51(45)55(57)56-52-18-10-8-16-46(52)38-54(48-26-24-42-12-4-6-14-44(42)36-48)58(56)64-32-34-66-68(61,62)50-29-21-40(2)22-30-50/h3-30,35-38H,31-34H2,1-2H3. The summed E-state index contributed by atoms with van der Waals surface area (Å²) in [6, 6.07) is 62.2. The van der Waals surface area contributed by atoms with Gasteiger partial charge in [0.2, 0.25) is 0 Å². The number of benzene rings is 10. The van der Waals surface area contributed by atoms with Gasteiger partial charge in [0.05, 0.1) is 9.79 Å². The fraction of sp³-hybridized carbons (Fsp3) is 0.103. The molecule has 68 heavy (non-hydrogen) atoms. The van der Waals surface area contributed by atoms with E-state index in [1.165, 1.54) is 24.3 Å². The largest absolute Gasteiger partial charge is 0.490 e. The third-order valence-electron chi connectivity index (χ3n) is 12.1. The summed E-state index contributed by atoms with van der Waals surface area (Å²) in [5, 5.41) is 7.77. The summed E-state index contributed by atoms with van der Waals surface area (Å²) in [5.41, 5.74) is 6.56. The van der Waals surface area contributed by atoms with Gasteiger partial charge in [-0.2, -0.15) is 16.8 Å². The van der Waals surface area contributed by atoms with Gasteiger partial charge in [0, 0.05) is 22.3 Å². The van der Waals surface area contributed by atoms with Crippen LogP contribution < -0.4 is 9.47 Å². The van der Waals surface area contributed by atoms with Crippen molar-refractivity contribution in [2.75, 3.05) is 26.4 Å². The minimum atomic E-state index is -4.10. The average Bonchev–Trinajstić information content (AvgIpc) is 3.36. The molecule has 0 bridgehead atoms. The number of fused-ring (bicyclic) bond motifs is 4. The molecule has 0 radical (unpaired) electrons. The summed E-state index contributed by atoms with van der Waals surface area (Å²) < 4.78 is 78.7. The molecule has 0 aromatic heterocycles. The quantitative estimate of drug-likeness (QED) is 0.0739. The highest BCUT2D eigenvalue weighted by Crippen LogP contribution is 2.53. The molecule has 0 fully saturated rings. The lowest BCUT2D eigenvalue weighted by Gasteiger charge is -2.24. The second kappa shape index (κ2) is 18.7. The molecule has 0 spiro atoms. The van der Waals surface area contributed by atoms with Crippen molar-refractivity contribution in [3.05, 3.63) is 205 Å². The van der Waals surface area contributed by atoms with E-state index in [2.05, 4.69) is 84.9 Å². The smallest absolute Gasteiger partial charge is 0.297 e. The Morgan fingerprint density at radius 2 is 0.706 bits per heavy atom. The maximum Gasteiger partial charge on any atom is 0.297 e. The van der Waals surface area contributed by atoms with E-state index in [1.807, 2.05) is 74.5 Å². The molecule has 0 atom stereocenters. The zero-order valence-electron chi connectivity index (χ0n) is 37.4. The van der Waals surface area contributed by atoms with Crippen molar-refractivity contribution in [1.82, 2.24) is 0 Å². The van der Waals surface area contributed by atoms with E-state index < -0.39 is 20.2 Å². The maximum absolute atomic E-state index is 13.4. The molecule has 8 nitrogen and oxygen atoms in total. The van der Waals surface area contributed by atoms with E-state index in [-0.39, 0.29) is 36.2 Å². The zero-order valence-corrected chi connectivity index (χ0v) is 39.0. The van der Waals surface area contributed by atoms with Crippen LogP contribution in [0.4, 0.5) is 0 Å². The Balaban J connectivity index is 1.18. The third kappa shape index (κ3) is 9.07. The average molecular weight is 935 g/mol. The lowest BCUT2D eigenvalue weighted by atomic mass is 9.86. The van der Waals surface area contributed by atoms with E-state index >= 15 is 0 Å². The highest BCUT2D eigenvalue weighted by Gasteiger charge is 2.27. The Hall–Kier alpha value is -7.34. The van der Waals surface area contributed by atoms with Gasteiger partial charge in [-0.1, -0.05) is 157 Å². The molecular weight excluding hydrogens is 889 g/mol. The Kier molecular flexibility index (Phi) is 12.3. The molecule has 10 rings (SSSR count). The van der Waals surface area contributed by atoms with Crippen molar-refractivity contribution in [1.29, 1.82) is 0 Å². The van der Waals surface area contributed by atoms with Crippen molar-refractivity contribution in [3.63, 3.8) is 0 Å². The van der Waals surface area contributed by atoms with Crippen molar-refractivity contribution >= 4 is 63.3 Å². The van der Waals surface area contributed by atoms with Crippen LogP contribution in [0.1, 0.15) is 11.1 Å². The molecule has 0 aliphatic rings. The number of hydrogen-bond donors (Lipinski definition) is 0. The molecule has 10 heteroatoms. The summed E-state index contributed by atoms with van der Waals surface area (Å²) >= 11 is 0. The van der Waals surface area contributed by atoms with Crippen LogP contribution in [0.2, 0.25) is 0 Å². The maximum atomic E-state index is 13.4. The first-order valence-corrected chi connectivity index (χ1v) is 25.1. The van der Waals surface area contributed by atoms with E-state index in [0.29, 0.717) is 22.6 Å². The molecule has 0 aliphatic carbocycles. The second-order valence-corrected chi connectivity index (χ2v) is 19.9. The fourth-order valence-corrected chi connectivity index (χ4v) is 10.5. The highest BCUT2D eigenvalue weighted by atomic mass is 32.2. The molecule has 0 aliphatic heterocycles. The first-order valence-electron chi connectivity index (χ1n) is 22.3. The first-order chi connectivity index (χ1) is 33.0. The molecule has 338 valence electrons. The zero-order chi connectivity index (χ0) is 46.8. The Bertz CT molecular complexity index is 3490. The number of hydrogen-bond acceptors (Lipinski definition) is 8. The van der Waals surface area contributed by atoms with Crippen LogP contribution in [-0.2, 0) is 28.6 Å². The Labute approximate surface area is 396 Å². The molecule has 0 heterocycles. The van der Waals surface area contributed by atoms with Crippen LogP contribution in [-0.4, -0.2) is 43.3 Å². The normalized spacial score (nSPS) is 12.0. The predicted octanol–water partition coefficient (Wildman–Crippen LogP) is 13.5. The van der Waals surface area contributed by atoms with Crippen LogP contribution in [0.5, 0.6) is 11.5 Å². The van der Waals surface area contributed by atoms with Gasteiger partial charge in [-0.3, -0.25) is 8.37 Å². The van der Waals surface area contributed by atoms with Crippen LogP contribution in [0.3, 0.4) is 0 Å². The van der Waals surface area contributed by atoms with Crippen molar-refractivity contribution in [2.24, 2.45) is 0 Å². The molecule has 0 N–H and O–H groups in total. The van der Waals surface area contributed by atoms with Gasteiger partial charge < -0.3 is 9.47 Å². The van der Waals surface area contributed by atoms with Crippen LogP contribution >= 0.6 is 0 Å². The van der Waals surface area contributed by atoms with Gasteiger partial charge in [-0.25, -0.2) is 0 Å². The molecule has 0 saturated carbocycles. The molecule has 0 saturated heterocycles. The summed E-state index contributed by atoms with van der Waals surface area (Å²) in [6.45, 7) is 2.99. The SMILES string of the molecule is Cc1ccc(S(=O)(=O)OCCOc2c(-c3ccc4ccccc4c3)cc3ccccc3c2-c2c(OCCOS(=O)(=O)c3ccc(C)cc3)c(-c3ccc4ccccc4c3)cc3ccccc23)cc1. The van der Waals surface area contributed by atoms with Crippen molar-refractivity contribution < 1.29 is 34.7 Å². The van der Waals surface area contributed by atoms with Gasteiger partial charge in [-0.15, -0.1) is 0 Å². The van der Waals surface area contributed by atoms with Crippen molar-refractivity contribution in [3.8, 4) is 44.9 Å². The van der Waals surface area contributed by atoms with E-state index in [0.717, 1.165) is 76.5 Å². The first kappa shape index (κ1) is 44.5. The minimum Gasteiger partial charge on any atom is -0.490 e. The van der Waals surface area contributed by atoms with E-state index in [9.17, 15) is 16.8 Å². The van der Waals surface area contributed by atoms with Crippen molar-refractivity contribution in [2.45, 2.75) is 23.6 Å². The van der Waals surface area contributed by atoms with Gasteiger partial charge in [0.15, 0.2) is 0 Å². The van der Waals surface area contributed by atoms with Crippen LogP contribution in [0.15, 0.2) is 204 Å². The van der Waals surface area contributed by atoms with Gasteiger partial charge >= 0.3 is 0 Å². The van der Waals surface area contributed by atoms with Gasteiger partial charge in [0.25, 0.3) is 20.2 Å². The topological polar surface area (TPSA) is 105 Å². The summed E-state index contributed by atoms with van der Waals surface area (Å²) in [4.78, 5) is 0.113. The molecule has 0 unspecified atom stereocenters. The molecule has 10 aromatic rings. The minimum absolute atomic E-state index is 0.0563. The summed E-state index contributed by atoms with van der Waals surface area (Å²) in [7, 11) is -8.20. The van der Waals surface area contributed by atoms with E-state index in [4.69, 9.17) is 17.8 Å². The summed E-state index contributed by atoms with van der Waals surface area (Å²) in [6.07, 6.45) is 0. The Morgan fingerprint density at radius 1 is 0.353 bits per heavy atom. The molecule has 10 aromatic carbocycles. The lowest BCUT2D eigenvalue weighted by molar-refractivity contribution is 0.220. The third-order valence-corrected chi connectivity index (χ3v) is 14.8. The number of rotatable bonds is 15. The lowest BCUT2D eigenvalue weighted by Crippen LogP contribution is -2.14. The fourth-order valence-electron chi connectivity index (χ4n) is 8.72. The number of aryl methyl sites for hydroxylation is 2. The Morgan fingerprint density at radius 3 is 1.10 bits per heavy atom. The highest BCUT2D eigenvalue weighted by molar-refractivity contribution is 7.87. The van der Waals surface area contributed by atoms with Crippen LogP contribution in [0, 0.1) is 13.8 Å². The van der Waals surface area contributed by atoms with Gasteiger partial charge in [0.1, 0.15) is 37.9 Å².